The molecule has 140 valence electrons. The Balaban J connectivity index is 1.35. The molecule has 2 aromatic carbocycles. The minimum Gasteiger partial charge on any atom is -0.488 e. The van der Waals surface area contributed by atoms with Crippen molar-refractivity contribution in [2.24, 2.45) is 0 Å². The first-order valence-corrected chi connectivity index (χ1v) is 9.10. The molecule has 5 heteroatoms. The molecule has 0 aliphatic carbocycles. The minimum atomic E-state index is -0.130. The summed E-state index contributed by atoms with van der Waals surface area (Å²) in [7, 11) is 0. The zero-order valence-corrected chi connectivity index (χ0v) is 15.3. The molecule has 0 spiro atoms. The van der Waals surface area contributed by atoms with Crippen LogP contribution in [0, 0.1) is 0 Å². The number of fused-ring (bicyclic) bond motifs is 1. The fourth-order valence-corrected chi connectivity index (χ4v) is 2.93. The van der Waals surface area contributed by atoms with Crippen molar-refractivity contribution >= 4 is 12.0 Å². The monoisotopic (exact) mass is 372 g/mol. The Hall–Kier alpha value is -3.60. The number of pyridine rings is 1. The van der Waals surface area contributed by atoms with Gasteiger partial charge in [-0.3, -0.25) is 9.78 Å². The summed E-state index contributed by atoms with van der Waals surface area (Å²) in [4.78, 5) is 16.7. The van der Waals surface area contributed by atoms with Crippen molar-refractivity contribution in [3.05, 3.63) is 95.3 Å². The van der Waals surface area contributed by atoms with Crippen molar-refractivity contribution in [3.8, 4) is 11.5 Å². The number of hydrogen-bond acceptors (Lipinski definition) is 4. The van der Waals surface area contributed by atoms with Crippen LogP contribution in [-0.4, -0.2) is 17.5 Å². The lowest BCUT2D eigenvalue weighted by Gasteiger charge is -2.17. The molecule has 0 bridgehead atoms. The Labute approximate surface area is 163 Å². The van der Waals surface area contributed by atoms with E-state index in [0.717, 1.165) is 28.3 Å². The van der Waals surface area contributed by atoms with Crippen LogP contribution in [0.2, 0.25) is 0 Å². The van der Waals surface area contributed by atoms with Crippen LogP contribution in [0.25, 0.3) is 6.08 Å². The van der Waals surface area contributed by atoms with Gasteiger partial charge in [-0.2, -0.15) is 0 Å². The van der Waals surface area contributed by atoms with E-state index < -0.39 is 0 Å². The van der Waals surface area contributed by atoms with Crippen molar-refractivity contribution in [2.75, 3.05) is 6.61 Å². The molecule has 1 aliphatic heterocycles. The topological polar surface area (TPSA) is 60.5 Å². The number of nitrogens with one attached hydrogen (secondary N) is 1. The van der Waals surface area contributed by atoms with Crippen LogP contribution in [0.1, 0.15) is 16.8 Å². The highest BCUT2D eigenvalue weighted by Gasteiger charge is 2.16. The first-order chi connectivity index (χ1) is 13.8. The third-order valence-electron chi connectivity index (χ3n) is 4.39. The van der Waals surface area contributed by atoms with Crippen molar-refractivity contribution in [1.82, 2.24) is 10.3 Å². The van der Waals surface area contributed by atoms with Gasteiger partial charge in [0.05, 0.1) is 11.3 Å². The number of amides is 1. The van der Waals surface area contributed by atoms with Crippen molar-refractivity contribution in [1.29, 1.82) is 0 Å². The van der Waals surface area contributed by atoms with E-state index in [1.54, 1.807) is 6.20 Å². The maximum Gasteiger partial charge on any atom is 0.250 e. The number of carbonyl (C=O) groups excluding carboxylic acids is 1. The Morgan fingerprint density at radius 3 is 2.86 bits per heavy atom. The molecule has 1 aliphatic rings. The second kappa shape index (κ2) is 8.39. The van der Waals surface area contributed by atoms with Gasteiger partial charge < -0.3 is 14.8 Å². The number of para-hydroxylation sites is 1. The van der Waals surface area contributed by atoms with Gasteiger partial charge in [0.2, 0.25) is 0 Å². The number of benzene rings is 2. The molecular formula is C23H20N2O3. The van der Waals surface area contributed by atoms with E-state index in [-0.39, 0.29) is 12.5 Å². The average Bonchev–Trinajstić information content (AvgIpc) is 2.77. The maximum absolute atomic E-state index is 12.5. The summed E-state index contributed by atoms with van der Waals surface area (Å²) in [6.45, 7) is 1.09. The number of aromatic nitrogens is 1. The van der Waals surface area contributed by atoms with Gasteiger partial charge in [0.15, 0.2) is 0 Å². The summed E-state index contributed by atoms with van der Waals surface area (Å²) in [5.41, 5.74) is 3.36. The molecule has 0 radical (unpaired) electrons. The highest BCUT2D eigenvalue weighted by atomic mass is 16.5. The lowest BCUT2D eigenvalue weighted by Crippen LogP contribution is -2.28. The number of rotatable bonds is 6. The Morgan fingerprint density at radius 1 is 1.07 bits per heavy atom. The standard InChI is InChI=1S/C23H20N2O3/c26-23(19-13-18-7-1-2-10-22(18)28-15-19)25-14-17-6-5-9-21(12-17)27-16-20-8-3-4-11-24-20/h1-13H,14-16H2,(H,25,26). The molecule has 0 saturated carbocycles. The van der Waals surface area contributed by atoms with Crippen LogP contribution in [0.3, 0.4) is 0 Å². The minimum absolute atomic E-state index is 0.130. The predicted molar refractivity (Wildman–Crippen MR) is 107 cm³/mol. The van der Waals surface area contributed by atoms with Gasteiger partial charge in [0.25, 0.3) is 5.91 Å². The number of nitrogens with zero attached hydrogens (tertiary/aromatic N) is 1. The van der Waals surface area contributed by atoms with Gasteiger partial charge in [-0.15, -0.1) is 0 Å². The Bertz CT molecular complexity index is 999. The first kappa shape index (κ1) is 17.8. The van der Waals surface area contributed by atoms with E-state index in [1.807, 2.05) is 72.8 Å². The first-order valence-electron chi connectivity index (χ1n) is 9.10. The normalized spacial score (nSPS) is 12.4. The van der Waals surface area contributed by atoms with Gasteiger partial charge in [-0.05, 0) is 42.0 Å². The van der Waals surface area contributed by atoms with Gasteiger partial charge in [0, 0.05) is 18.3 Å². The summed E-state index contributed by atoms with van der Waals surface area (Å²) in [6.07, 6.45) is 3.62. The van der Waals surface area contributed by atoms with Crippen LogP contribution < -0.4 is 14.8 Å². The smallest absolute Gasteiger partial charge is 0.250 e. The van der Waals surface area contributed by atoms with Gasteiger partial charge in [0.1, 0.15) is 24.7 Å². The number of ether oxygens (including phenoxy) is 2. The summed E-state index contributed by atoms with van der Waals surface area (Å²) in [5.74, 6) is 1.41. The second-order valence-corrected chi connectivity index (χ2v) is 6.44. The molecule has 0 atom stereocenters. The molecule has 5 nitrogen and oxygen atoms in total. The fraction of sp³-hybridized carbons (Fsp3) is 0.130. The van der Waals surface area contributed by atoms with E-state index in [2.05, 4.69) is 10.3 Å². The van der Waals surface area contributed by atoms with Crippen LogP contribution >= 0.6 is 0 Å². The molecule has 2 heterocycles. The summed E-state index contributed by atoms with van der Waals surface area (Å²) < 4.78 is 11.4. The molecular weight excluding hydrogens is 352 g/mol. The van der Waals surface area contributed by atoms with E-state index >= 15 is 0 Å². The molecule has 1 aromatic heterocycles. The lowest BCUT2D eigenvalue weighted by atomic mass is 10.1. The zero-order valence-electron chi connectivity index (χ0n) is 15.3. The molecule has 1 amide bonds. The van der Waals surface area contributed by atoms with Crippen LogP contribution in [0.4, 0.5) is 0 Å². The van der Waals surface area contributed by atoms with E-state index in [9.17, 15) is 4.79 Å². The molecule has 28 heavy (non-hydrogen) atoms. The predicted octanol–water partition coefficient (Wildman–Crippen LogP) is 3.75. The highest BCUT2D eigenvalue weighted by molar-refractivity contribution is 5.99. The zero-order chi connectivity index (χ0) is 19.2. The van der Waals surface area contributed by atoms with E-state index in [4.69, 9.17) is 9.47 Å². The lowest BCUT2D eigenvalue weighted by molar-refractivity contribution is -0.117. The highest BCUT2D eigenvalue weighted by Crippen LogP contribution is 2.25. The van der Waals surface area contributed by atoms with E-state index in [1.165, 1.54) is 0 Å². The average molecular weight is 372 g/mol. The number of hydrogen-bond donors (Lipinski definition) is 1. The van der Waals surface area contributed by atoms with Crippen LogP contribution in [0.15, 0.2) is 78.5 Å². The Kier molecular flexibility index (Phi) is 5.33. The fourth-order valence-electron chi connectivity index (χ4n) is 2.93. The maximum atomic E-state index is 12.5. The van der Waals surface area contributed by atoms with Crippen LogP contribution in [-0.2, 0) is 17.9 Å². The molecule has 3 aromatic rings. The summed E-state index contributed by atoms with van der Waals surface area (Å²) >= 11 is 0. The molecule has 0 fully saturated rings. The third-order valence-corrected chi connectivity index (χ3v) is 4.39. The summed E-state index contributed by atoms with van der Waals surface area (Å²) in [5, 5.41) is 2.95. The van der Waals surface area contributed by atoms with Crippen molar-refractivity contribution in [3.63, 3.8) is 0 Å². The molecule has 0 saturated heterocycles. The number of carbonyl (C=O) groups is 1. The van der Waals surface area contributed by atoms with Crippen LogP contribution in [0.5, 0.6) is 11.5 Å². The third kappa shape index (κ3) is 4.38. The molecule has 1 N–H and O–H groups in total. The van der Waals surface area contributed by atoms with Gasteiger partial charge in [-0.1, -0.05) is 36.4 Å². The quantitative estimate of drug-likeness (QED) is 0.716. The Morgan fingerprint density at radius 2 is 1.96 bits per heavy atom. The molecule has 4 rings (SSSR count). The SMILES string of the molecule is O=C(NCc1cccc(OCc2ccccn2)c1)C1=Cc2ccccc2OC1. The molecule has 0 unspecified atom stereocenters. The largest absolute Gasteiger partial charge is 0.488 e. The van der Waals surface area contributed by atoms with E-state index in [0.29, 0.717) is 18.7 Å². The van der Waals surface area contributed by atoms with Gasteiger partial charge >= 0.3 is 0 Å². The van der Waals surface area contributed by atoms with Crippen molar-refractivity contribution in [2.45, 2.75) is 13.2 Å². The summed E-state index contributed by atoms with van der Waals surface area (Å²) in [6, 6.07) is 21.1. The van der Waals surface area contributed by atoms with Gasteiger partial charge in [-0.25, -0.2) is 0 Å². The van der Waals surface area contributed by atoms with Crippen molar-refractivity contribution < 1.29 is 14.3 Å². The second-order valence-electron chi connectivity index (χ2n) is 6.44.